The number of anilines is 2. The molecule has 0 radical (unpaired) electrons. The Morgan fingerprint density at radius 3 is 2.50 bits per heavy atom. The van der Waals surface area contributed by atoms with E-state index in [1.54, 1.807) is 25.1 Å². The van der Waals surface area contributed by atoms with Crippen molar-refractivity contribution in [1.29, 1.82) is 0 Å². The Morgan fingerprint density at radius 1 is 1.19 bits per heavy atom. The van der Waals surface area contributed by atoms with E-state index >= 15 is 0 Å². The minimum Gasteiger partial charge on any atom is -0.340 e. The molecule has 0 saturated carbocycles. The molecule has 16 heavy (non-hydrogen) atoms. The van der Waals surface area contributed by atoms with Gasteiger partial charge in [0.1, 0.15) is 22.6 Å². The zero-order valence-corrected chi connectivity index (χ0v) is 9.29. The SMILES string of the molecule is Cc1nc(Cl)cc(Nc2ccc(F)cc2)n1. The van der Waals surface area contributed by atoms with E-state index in [1.807, 2.05) is 0 Å². The van der Waals surface area contributed by atoms with Crippen LogP contribution < -0.4 is 5.32 Å². The van der Waals surface area contributed by atoms with E-state index in [0.717, 1.165) is 5.69 Å². The van der Waals surface area contributed by atoms with Crippen LogP contribution in [-0.2, 0) is 0 Å². The molecule has 0 spiro atoms. The van der Waals surface area contributed by atoms with Gasteiger partial charge in [0, 0.05) is 11.8 Å². The van der Waals surface area contributed by atoms with Crippen LogP contribution >= 0.6 is 11.6 Å². The third-order valence-electron chi connectivity index (χ3n) is 1.92. The van der Waals surface area contributed by atoms with Crippen molar-refractivity contribution in [3.05, 3.63) is 47.1 Å². The number of nitrogens with zero attached hydrogens (tertiary/aromatic N) is 2. The van der Waals surface area contributed by atoms with Crippen molar-refractivity contribution in [1.82, 2.24) is 9.97 Å². The zero-order chi connectivity index (χ0) is 11.5. The largest absolute Gasteiger partial charge is 0.340 e. The second kappa shape index (κ2) is 4.45. The highest BCUT2D eigenvalue weighted by Crippen LogP contribution is 2.17. The number of hydrogen-bond acceptors (Lipinski definition) is 3. The highest BCUT2D eigenvalue weighted by molar-refractivity contribution is 6.29. The smallest absolute Gasteiger partial charge is 0.135 e. The number of halogens is 2. The summed E-state index contributed by atoms with van der Waals surface area (Å²) in [5.41, 5.74) is 0.746. The molecule has 5 heteroatoms. The Balaban J connectivity index is 2.23. The van der Waals surface area contributed by atoms with Crippen LogP contribution in [0.2, 0.25) is 5.15 Å². The number of aryl methyl sites for hydroxylation is 1. The number of benzene rings is 1. The minimum atomic E-state index is -0.276. The van der Waals surface area contributed by atoms with Crippen molar-refractivity contribution >= 4 is 23.1 Å². The van der Waals surface area contributed by atoms with Crippen molar-refractivity contribution in [2.75, 3.05) is 5.32 Å². The first-order valence-electron chi connectivity index (χ1n) is 4.67. The Hall–Kier alpha value is -1.68. The zero-order valence-electron chi connectivity index (χ0n) is 8.54. The van der Waals surface area contributed by atoms with Gasteiger partial charge < -0.3 is 5.32 Å². The topological polar surface area (TPSA) is 37.8 Å². The first-order valence-corrected chi connectivity index (χ1v) is 5.05. The number of aromatic nitrogens is 2. The number of rotatable bonds is 2. The van der Waals surface area contributed by atoms with Crippen LogP contribution in [0.25, 0.3) is 0 Å². The Labute approximate surface area is 97.3 Å². The molecule has 0 amide bonds. The van der Waals surface area contributed by atoms with Gasteiger partial charge in [0.15, 0.2) is 0 Å². The molecule has 0 unspecified atom stereocenters. The quantitative estimate of drug-likeness (QED) is 0.815. The van der Waals surface area contributed by atoms with Crippen molar-refractivity contribution in [2.45, 2.75) is 6.92 Å². The van der Waals surface area contributed by atoms with Crippen LogP contribution in [0.3, 0.4) is 0 Å². The van der Waals surface area contributed by atoms with Gasteiger partial charge in [0.2, 0.25) is 0 Å². The van der Waals surface area contributed by atoms with Gasteiger partial charge in [-0.3, -0.25) is 0 Å². The average molecular weight is 238 g/mol. The molecule has 0 aliphatic carbocycles. The van der Waals surface area contributed by atoms with Crippen LogP contribution in [-0.4, -0.2) is 9.97 Å². The van der Waals surface area contributed by atoms with Crippen LogP contribution in [0.5, 0.6) is 0 Å². The molecule has 0 atom stereocenters. The Morgan fingerprint density at radius 2 is 1.88 bits per heavy atom. The summed E-state index contributed by atoms with van der Waals surface area (Å²) in [6.07, 6.45) is 0. The molecule has 0 bridgehead atoms. The van der Waals surface area contributed by atoms with Crippen molar-refractivity contribution in [3.8, 4) is 0 Å². The summed E-state index contributed by atoms with van der Waals surface area (Å²) in [6, 6.07) is 7.61. The fraction of sp³-hybridized carbons (Fsp3) is 0.0909. The molecule has 82 valence electrons. The number of nitrogens with one attached hydrogen (secondary N) is 1. The van der Waals surface area contributed by atoms with Crippen molar-refractivity contribution < 1.29 is 4.39 Å². The van der Waals surface area contributed by atoms with Crippen LogP contribution in [0.15, 0.2) is 30.3 Å². The molecule has 1 aromatic carbocycles. The van der Waals surface area contributed by atoms with Crippen LogP contribution in [0, 0.1) is 12.7 Å². The van der Waals surface area contributed by atoms with Crippen molar-refractivity contribution in [2.24, 2.45) is 0 Å². The first kappa shape index (κ1) is 10.8. The van der Waals surface area contributed by atoms with Crippen LogP contribution in [0.1, 0.15) is 5.82 Å². The molecule has 0 saturated heterocycles. The highest BCUT2D eigenvalue weighted by Gasteiger charge is 2.00. The standard InChI is InChI=1S/C11H9ClFN3/c1-7-14-10(12)6-11(15-7)16-9-4-2-8(13)3-5-9/h2-6H,1H3,(H,14,15,16). The first-order chi connectivity index (χ1) is 7.63. The molecule has 1 N–H and O–H groups in total. The third kappa shape index (κ3) is 2.67. The molecule has 0 fully saturated rings. The summed E-state index contributed by atoms with van der Waals surface area (Å²) in [5, 5.41) is 3.38. The van der Waals surface area contributed by atoms with Gasteiger partial charge in [-0.1, -0.05) is 11.6 Å². The summed E-state index contributed by atoms with van der Waals surface area (Å²) in [7, 11) is 0. The maximum Gasteiger partial charge on any atom is 0.135 e. The van der Waals surface area contributed by atoms with Gasteiger partial charge in [-0.15, -0.1) is 0 Å². The third-order valence-corrected chi connectivity index (χ3v) is 2.12. The van der Waals surface area contributed by atoms with Gasteiger partial charge in [-0.2, -0.15) is 0 Å². The summed E-state index contributed by atoms with van der Waals surface area (Å²) in [5.74, 6) is 0.892. The summed E-state index contributed by atoms with van der Waals surface area (Å²) in [6.45, 7) is 1.75. The fourth-order valence-corrected chi connectivity index (χ4v) is 1.50. The average Bonchev–Trinajstić information content (AvgIpc) is 2.20. The molecule has 2 rings (SSSR count). The van der Waals surface area contributed by atoms with Gasteiger partial charge >= 0.3 is 0 Å². The molecule has 3 nitrogen and oxygen atoms in total. The maximum atomic E-state index is 12.7. The van der Waals surface area contributed by atoms with E-state index in [4.69, 9.17) is 11.6 Å². The lowest BCUT2D eigenvalue weighted by molar-refractivity contribution is 0.628. The monoisotopic (exact) mass is 237 g/mol. The predicted molar refractivity (Wildman–Crippen MR) is 61.5 cm³/mol. The normalized spacial score (nSPS) is 10.2. The highest BCUT2D eigenvalue weighted by atomic mass is 35.5. The number of hydrogen-bond donors (Lipinski definition) is 1. The Bertz CT molecular complexity index is 479. The predicted octanol–water partition coefficient (Wildman–Crippen LogP) is 3.32. The molecule has 1 aromatic heterocycles. The van der Waals surface area contributed by atoms with Crippen molar-refractivity contribution in [3.63, 3.8) is 0 Å². The van der Waals surface area contributed by atoms with Gasteiger partial charge in [-0.25, -0.2) is 14.4 Å². The van der Waals surface area contributed by atoms with Gasteiger partial charge in [-0.05, 0) is 31.2 Å². The lowest BCUT2D eigenvalue weighted by Crippen LogP contribution is -1.97. The molecular formula is C11H9ClFN3. The minimum absolute atomic E-state index is 0.276. The van der Waals surface area contributed by atoms with E-state index in [9.17, 15) is 4.39 Å². The van der Waals surface area contributed by atoms with E-state index in [-0.39, 0.29) is 5.82 Å². The van der Waals surface area contributed by atoms with E-state index in [2.05, 4.69) is 15.3 Å². The lowest BCUT2D eigenvalue weighted by Gasteiger charge is -2.06. The fourth-order valence-electron chi connectivity index (χ4n) is 1.28. The second-order valence-corrected chi connectivity index (χ2v) is 3.64. The van der Waals surface area contributed by atoms with E-state index in [0.29, 0.717) is 16.8 Å². The Kier molecular flexibility index (Phi) is 3.01. The summed E-state index contributed by atoms with van der Waals surface area (Å²) in [4.78, 5) is 8.10. The van der Waals surface area contributed by atoms with Gasteiger partial charge in [0.25, 0.3) is 0 Å². The molecule has 0 aliphatic heterocycles. The van der Waals surface area contributed by atoms with E-state index in [1.165, 1.54) is 12.1 Å². The summed E-state index contributed by atoms with van der Waals surface area (Å²) < 4.78 is 12.7. The molecular weight excluding hydrogens is 229 g/mol. The lowest BCUT2D eigenvalue weighted by atomic mass is 10.3. The van der Waals surface area contributed by atoms with Gasteiger partial charge in [0.05, 0.1) is 0 Å². The second-order valence-electron chi connectivity index (χ2n) is 3.26. The summed E-state index contributed by atoms with van der Waals surface area (Å²) >= 11 is 5.79. The molecule has 1 heterocycles. The molecule has 0 aliphatic rings. The molecule has 2 aromatic rings. The van der Waals surface area contributed by atoms with Crippen LogP contribution in [0.4, 0.5) is 15.9 Å². The maximum absolute atomic E-state index is 12.7. The van der Waals surface area contributed by atoms with E-state index < -0.39 is 0 Å².